The number of pyridine rings is 2. The highest BCUT2D eigenvalue weighted by molar-refractivity contribution is 5.92. The molecule has 3 rings (SSSR count). The maximum absolute atomic E-state index is 13.6. The van der Waals surface area contributed by atoms with Gasteiger partial charge in [0.1, 0.15) is 11.5 Å². The maximum atomic E-state index is 13.6. The molecule has 0 saturated heterocycles. The van der Waals surface area contributed by atoms with Crippen LogP contribution in [0.4, 0.5) is 15.8 Å². The predicted octanol–water partition coefficient (Wildman–Crippen LogP) is 3.29. The van der Waals surface area contributed by atoms with E-state index in [1.54, 1.807) is 42.7 Å². The molecule has 0 aliphatic carbocycles. The van der Waals surface area contributed by atoms with Gasteiger partial charge in [0.2, 0.25) is 0 Å². The number of carbonyl (C=O) groups excluding carboxylic acids is 1. The van der Waals surface area contributed by atoms with E-state index in [9.17, 15) is 9.18 Å². The Balaban J connectivity index is 1.61. The minimum absolute atomic E-state index is 0.274. The summed E-state index contributed by atoms with van der Waals surface area (Å²) in [5.74, 6) is -0.624. The summed E-state index contributed by atoms with van der Waals surface area (Å²) in [6.07, 6.45) is 4.83. The van der Waals surface area contributed by atoms with E-state index in [0.717, 1.165) is 5.56 Å². The first kappa shape index (κ1) is 15.6. The largest absolute Gasteiger partial charge is 0.352 e. The number of nitrogens with one attached hydrogen (secondary N) is 2. The number of hydrogen-bond donors (Lipinski definition) is 2. The Morgan fingerprint density at radius 1 is 1.04 bits per heavy atom. The van der Waals surface area contributed by atoms with Crippen molar-refractivity contribution < 1.29 is 9.18 Å². The molecule has 0 unspecified atom stereocenters. The van der Waals surface area contributed by atoms with E-state index in [1.165, 1.54) is 12.3 Å². The molecule has 6 heteroatoms. The zero-order chi connectivity index (χ0) is 16.8. The van der Waals surface area contributed by atoms with Crippen LogP contribution in [0.2, 0.25) is 0 Å². The highest BCUT2D eigenvalue weighted by Gasteiger charge is 2.07. The monoisotopic (exact) mass is 322 g/mol. The topological polar surface area (TPSA) is 66.9 Å². The summed E-state index contributed by atoms with van der Waals surface area (Å²) in [5, 5.41) is 5.70. The number of benzene rings is 1. The van der Waals surface area contributed by atoms with Gasteiger partial charge in [-0.1, -0.05) is 12.1 Å². The van der Waals surface area contributed by atoms with Crippen molar-refractivity contribution in [2.24, 2.45) is 0 Å². The third kappa shape index (κ3) is 3.92. The van der Waals surface area contributed by atoms with E-state index >= 15 is 0 Å². The number of anilines is 2. The highest BCUT2D eigenvalue weighted by Crippen LogP contribution is 2.18. The van der Waals surface area contributed by atoms with Crippen LogP contribution in [0.5, 0.6) is 0 Å². The maximum Gasteiger partial charge on any atom is 0.270 e. The first-order chi connectivity index (χ1) is 11.7. The van der Waals surface area contributed by atoms with E-state index in [2.05, 4.69) is 20.6 Å². The summed E-state index contributed by atoms with van der Waals surface area (Å²) in [6, 6.07) is 13.3. The average Bonchev–Trinajstić information content (AvgIpc) is 2.63. The summed E-state index contributed by atoms with van der Waals surface area (Å²) < 4.78 is 13.6. The Morgan fingerprint density at radius 3 is 2.54 bits per heavy atom. The van der Waals surface area contributed by atoms with E-state index in [4.69, 9.17) is 0 Å². The normalized spacial score (nSPS) is 10.2. The molecule has 1 amide bonds. The second kappa shape index (κ2) is 7.32. The number of rotatable bonds is 5. The van der Waals surface area contributed by atoms with E-state index in [0.29, 0.717) is 23.6 Å². The van der Waals surface area contributed by atoms with Crippen molar-refractivity contribution in [2.45, 2.75) is 6.54 Å². The molecular weight excluding hydrogens is 307 g/mol. The van der Waals surface area contributed by atoms with Crippen LogP contribution >= 0.6 is 0 Å². The van der Waals surface area contributed by atoms with Crippen LogP contribution in [-0.2, 0) is 6.54 Å². The highest BCUT2D eigenvalue weighted by atomic mass is 19.1. The summed E-state index contributed by atoms with van der Waals surface area (Å²) in [4.78, 5) is 20.1. The van der Waals surface area contributed by atoms with E-state index in [1.807, 2.05) is 12.1 Å². The van der Waals surface area contributed by atoms with Gasteiger partial charge in [-0.15, -0.1) is 0 Å². The van der Waals surface area contributed by atoms with Crippen molar-refractivity contribution in [3.8, 4) is 0 Å². The first-order valence-corrected chi connectivity index (χ1v) is 7.37. The van der Waals surface area contributed by atoms with Crippen LogP contribution in [0.25, 0.3) is 0 Å². The smallest absolute Gasteiger partial charge is 0.270 e. The predicted molar refractivity (Wildman–Crippen MR) is 89.3 cm³/mol. The Hall–Kier alpha value is -3.28. The molecule has 3 aromatic rings. The van der Waals surface area contributed by atoms with Gasteiger partial charge < -0.3 is 10.6 Å². The van der Waals surface area contributed by atoms with Crippen molar-refractivity contribution in [3.63, 3.8) is 0 Å². The number of para-hydroxylation sites is 1. The zero-order valence-electron chi connectivity index (χ0n) is 12.7. The van der Waals surface area contributed by atoms with E-state index < -0.39 is 0 Å². The minimum Gasteiger partial charge on any atom is -0.352 e. The SMILES string of the molecule is O=C(NCc1ccncc1)c1ccc(Nc2ccccc2F)cn1. The minimum atomic E-state index is -0.350. The Bertz CT molecular complexity index is 822. The summed E-state index contributed by atoms with van der Waals surface area (Å²) >= 11 is 0. The van der Waals surface area contributed by atoms with Crippen LogP contribution < -0.4 is 10.6 Å². The van der Waals surface area contributed by atoms with Gasteiger partial charge in [0.25, 0.3) is 5.91 Å². The second-order valence-electron chi connectivity index (χ2n) is 5.08. The number of halogens is 1. The van der Waals surface area contributed by atoms with Crippen molar-refractivity contribution in [1.29, 1.82) is 0 Å². The van der Waals surface area contributed by atoms with Crippen LogP contribution in [-0.4, -0.2) is 15.9 Å². The number of amides is 1. The Morgan fingerprint density at radius 2 is 1.83 bits per heavy atom. The quantitative estimate of drug-likeness (QED) is 0.756. The molecule has 1 aromatic carbocycles. The third-order valence-electron chi connectivity index (χ3n) is 3.35. The second-order valence-corrected chi connectivity index (χ2v) is 5.08. The summed E-state index contributed by atoms with van der Waals surface area (Å²) in [5.41, 5.74) is 2.21. The Kier molecular flexibility index (Phi) is 4.76. The van der Waals surface area contributed by atoms with Crippen LogP contribution in [0.1, 0.15) is 16.1 Å². The van der Waals surface area contributed by atoms with Gasteiger partial charge in [-0.3, -0.25) is 9.78 Å². The van der Waals surface area contributed by atoms with Crippen molar-refractivity contribution >= 4 is 17.3 Å². The molecule has 0 atom stereocenters. The fourth-order valence-corrected chi connectivity index (χ4v) is 2.09. The number of hydrogen-bond acceptors (Lipinski definition) is 4. The van der Waals surface area contributed by atoms with Crippen molar-refractivity contribution in [1.82, 2.24) is 15.3 Å². The van der Waals surface area contributed by atoms with Crippen LogP contribution in [0.15, 0.2) is 67.1 Å². The molecule has 0 radical (unpaired) electrons. The standard InChI is InChI=1S/C18H15FN4O/c19-15-3-1-2-4-16(15)23-14-5-6-17(21-12-14)18(24)22-11-13-7-9-20-10-8-13/h1-10,12,23H,11H2,(H,22,24). The molecule has 2 aromatic heterocycles. The molecule has 0 spiro atoms. The Labute approximate surface area is 138 Å². The van der Waals surface area contributed by atoms with Crippen LogP contribution in [0.3, 0.4) is 0 Å². The molecule has 0 aliphatic rings. The molecule has 2 heterocycles. The number of carbonyl (C=O) groups is 1. The van der Waals surface area contributed by atoms with Crippen LogP contribution in [0, 0.1) is 5.82 Å². The molecule has 2 N–H and O–H groups in total. The molecular formula is C18H15FN4O. The summed E-state index contributed by atoms with van der Waals surface area (Å²) in [6.45, 7) is 0.401. The van der Waals surface area contributed by atoms with Gasteiger partial charge in [-0.25, -0.2) is 9.37 Å². The fourth-order valence-electron chi connectivity index (χ4n) is 2.09. The average molecular weight is 322 g/mol. The lowest BCUT2D eigenvalue weighted by Gasteiger charge is -2.08. The lowest BCUT2D eigenvalue weighted by molar-refractivity contribution is 0.0946. The van der Waals surface area contributed by atoms with E-state index in [-0.39, 0.29) is 11.7 Å². The van der Waals surface area contributed by atoms with Gasteiger partial charge in [-0.05, 0) is 42.0 Å². The van der Waals surface area contributed by atoms with Gasteiger partial charge in [0, 0.05) is 18.9 Å². The fraction of sp³-hybridized carbons (Fsp3) is 0.0556. The molecule has 24 heavy (non-hydrogen) atoms. The molecule has 0 bridgehead atoms. The number of nitrogens with zero attached hydrogens (tertiary/aromatic N) is 2. The molecule has 5 nitrogen and oxygen atoms in total. The molecule has 0 fully saturated rings. The summed E-state index contributed by atoms with van der Waals surface area (Å²) in [7, 11) is 0. The lowest BCUT2D eigenvalue weighted by atomic mass is 10.2. The van der Waals surface area contributed by atoms with Crippen molar-refractivity contribution in [2.75, 3.05) is 5.32 Å². The zero-order valence-corrected chi connectivity index (χ0v) is 12.7. The van der Waals surface area contributed by atoms with Gasteiger partial charge in [0.05, 0.1) is 17.6 Å². The molecule has 120 valence electrons. The first-order valence-electron chi connectivity index (χ1n) is 7.37. The number of aromatic nitrogens is 2. The molecule has 0 saturated carbocycles. The lowest BCUT2D eigenvalue weighted by Crippen LogP contribution is -2.23. The van der Waals surface area contributed by atoms with Gasteiger partial charge >= 0.3 is 0 Å². The van der Waals surface area contributed by atoms with Gasteiger partial charge in [0.15, 0.2) is 0 Å². The van der Waals surface area contributed by atoms with Gasteiger partial charge in [-0.2, -0.15) is 0 Å². The van der Waals surface area contributed by atoms with Crippen molar-refractivity contribution in [3.05, 3.63) is 84.2 Å². The third-order valence-corrected chi connectivity index (χ3v) is 3.35. The molecule has 0 aliphatic heterocycles.